The van der Waals surface area contributed by atoms with E-state index < -0.39 is 0 Å². The maximum Gasteiger partial charge on any atom is 0.252 e. The molecule has 5 nitrogen and oxygen atoms in total. The Morgan fingerprint density at radius 3 is 2.90 bits per heavy atom. The van der Waals surface area contributed by atoms with E-state index in [1.807, 2.05) is 28.5 Å². The first-order chi connectivity index (χ1) is 14.7. The van der Waals surface area contributed by atoms with Gasteiger partial charge < -0.3 is 4.74 Å². The number of aromatic nitrogens is 1. The van der Waals surface area contributed by atoms with Crippen molar-refractivity contribution < 1.29 is 9.53 Å². The second-order valence-corrected chi connectivity index (χ2v) is 9.25. The average Bonchev–Trinajstić information content (AvgIpc) is 3.45. The number of thiophene rings is 1. The maximum absolute atomic E-state index is 13.1. The Bertz CT molecular complexity index is 991. The van der Waals surface area contributed by atoms with Gasteiger partial charge in [0.15, 0.2) is 5.13 Å². The Morgan fingerprint density at radius 1 is 1.27 bits per heavy atom. The van der Waals surface area contributed by atoms with Crippen LogP contribution in [-0.4, -0.2) is 55.2 Å². The number of aryl methyl sites for hydroxylation is 1. The molecular weight excluding hydrogens is 414 g/mol. The molecule has 30 heavy (non-hydrogen) atoms. The molecule has 4 rings (SSSR count). The Balaban J connectivity index is 1.53. The third-order valence-electron chi connectivity index (χ3n) is 5.26. The minimum atomic E-state index is -0.0116. The first kappa shape index (κ1) is 21.2. The van der Waals surface area contributed by atoms with Gasteiger partial charge in [-0.05, 0) is 42.0 Å². The van der Waals surface area contributed by atoms with Gasteiger partial charge >= 0.3 is 0 Å². The second-order valence-electron chi connectivity index (χ2n) is 7.26. The van der Waals surface area contributed by atoms with Crippen molar-refractivity contribution in [3.05, 3.63) is 52.2 Å². The van der Waals surface area contributed by atoms with Crippen molar-refractivity contribution in [3.8, 4) is 0 Å². The van der Waals surface area contributed by atoms with Gasteiger partial charge in [0, 0.05) is 37.1 Å². The fourth-order valence-corrected chi connectivity index (χ4v) is 5.26. The molecular formula is C23H27N3O2S2. The predicted molar refractivity (Wildman–Crippen MR) is 127 cm³/mol. The van der Waals surface area contributed by atoms with E-state index in [1.54, 1.807) is 28.7 Å². The van der Waals surface area contributed by atoms with Gasteiger partial charge in [0.1, 0.15) is 0 Å². The Morgan fingerprint density at radius 2 is 2.13 bits per heavy atom. The number of benzene rings is 1. The Kier molecular flexibility index (Phi) is 7.28. The van der Waals surface area contributed by atoms with Crippen molar-refractivity contribution in [2.45, 2.75) is 19.8 Å². The molecule has 3 aromatic rings. The minimum Gasteiger partial charge on any atom is -0.379 e. The highest BCUT2D eigenvalue weighted by molar-refractivity contribution is 7.22. The molecule has 1 fully saturated rings. The normalized spacial score (nSPS) is 15.2. The van der Waals surface area contributed by atoms with E-state index in [4.69, 9.17) is 9.72 Å². The van der Waals surface area contributed by atoms with Gasteiger partial charge in [-0.2, -0.15) is 0 Å². The topological polar surface area (TPSA) is 45.7 Å². The van der Waals surface area contributed by atoms with E-state index in [-0.39, 0.29) is 5.91 Å². The SMILES string of the molecule is CCc1cccc2sc(N(CCCN3CCOCC3)C(=O)/C=C/c3cccs3)nc12. The van der Waals surface area contributed by atoms with E-state index >= 15 is 0 Å². The monoisotopic (exact) mass is 441 g/mol. The summed E-state index contributed by atoms with van der Waals surface area (Å²) in [7, 11) is 0. The number of morpholine rings is 1. The highest BCUT2D eigenvalue weighted by atomic mass is 32.1. The summed E-state index contributed by atoms with van der Waals surface area (Å²) >= 11 is 3.23. The number of carbonyl (C=O) groups is 1. The summed E-state index contributed by atoms with van der Waals surface area (Å²) in [6.45, 7) is 7.29. The minimum absolute atomic E-state index is 0.0116. The van der Waals surface area contributed by atoms with Crippen molar-refractivity contribution in [1.82, 2.24) is 9.88 Å². The molecule has 0 aliphatic carbocycles. The molecule has 1 aliphatic rings. The number of nitrogens with zero attached hydrogens (tertiary/aromatic N) is 3. The lowest BCUT2D eigenvalue weighted by molar-refractivity contribution is -0.114. The molecule has 0 saturated carbocycles. The summed E-state index contributed by atoms with van der Waals surface area (Å²) < 4.78 is 6.57. The molecule has 1 aliphatic heterocycles. The Hall–Kier alpha value is -2.06. The van der Waals surface area contributed by atoms with Gasteiger partial charge in [0.2, 0.25) is 0 Å². The van der Waals surface area contributed by atoms with E-state index in [0.29, 0.717) is 6.54 Å². The number of para-hydroxylation sites is 1. The third kappa shape index (κ3) is 5.16. The smallest absolute Gasteiger partial charge is 0.252 e. The van der Waals surface area contributed by atoms with Crippen molar-refractivity contribution in [2.24, 2.45) is 0 Å². The molecule has 0 spiro atoms. The fraction of sp³-hybridized carbons (Fsp3) is 0.391. The number of hydrogen-bond donors (Lipinski definition) is 0. The van der Waals surface area contributed by atoms with Crippen molar-refractivity contribution in [1.29, 1.82) is 0 Å². The number of hydrogen-bond acceptors (Lipinski definition) is 6. The number of thiazole rings is 1. The predicted octanol–water partition coefficient (Wildman–Crippen LogP) is 4.69. The summed E-state index contributed by atoms with van der Waals surface area (Å²) in [6.07, 6.45) is 5.42. The molecule has 0 radical (unpaired) electrons. The first-order valence-electron chi connectivity index (χ1n) is 10.5. The largest absolute Gasteiger partial charge is 0.379 e. The summed E-state index contributed by atoms with van der Waals surface area (Å²) in [5.74, 6) is -0.0116. The van der Waals surface area contributed by atoms with E-state index in [1.165, 1.54) is 5.56 Å². The molecule has 0 atom stereocenters. The number of amides is 1. The molecule has 3 heterocycles. The molecule has 158 valence electrons. The first-order valence-corrected chi connectivity index (χ1v) is 12.2. The Labute approximate surface area is 185 Å². The maximum atomic E-state index is 13.1. The lowest BCUT2D eigenvalue weighted by Gasteiger charge is -2.27. The van der Waals surface area contributed by atoms with Gasteiger partial charge in [-0.3, -0.25) is 14.6 Å². The van der Waals surface area contributed by atoms with Gasteiger partial charge in [-0.25, -0.2) is 4.98 Å². The van der Waals surface area contributed by atoms with Crippen molar-refractivity contribution in [3.63, 3.8) is 0 Å². The number of carbonyl (C=O) groups excluding carboxylic acids is 1. The summed E-state index contributed by atoms with van der Waals surface area (Å²) in [4.78, 5) is 23.3. The molecule has 0 bridgehead atoms. The zero-order chi connectivity index (χ0) is 20.8. The van der Waals surface area contributed by atoms with Crippen LogP contribution in [0.5, 0.6) is 0 Å². The number of rotatable bonds is 8. The fourth-order valence-electron chi connectivity index (χ4n) is 3.60. The highest BCUT2D eigenvalue weighted by Crippen LogP contribution is 2.31. The molecule has 0 N–H and O–H groups in total. The van der Waals surface area contributed by atoms with Crippen LogP contribution in [0.2, 0.25) is 0 Å². The standard InChI is InChI=1S/C23H27N3O2S2/c1-2-18-6-3-8-20-22(18)24-23(30-20)26(12-5-11-25-13-15-28-16-14-25)21(27)10-9-19-7-4-17-29-19/h3-4,6-10,17H,2,5,11-16H2,1H3/b10-9+. The van der Waals surface area contributed by atoms with Crippen LogP contribution in [0.4, 0.5) is 5.13 Å². The average molecular weight is 442 g/mol. The quantitative estimate of drug-likeness (QED) is 0.476. The van der Waals surface area contributed by atoms with E-state index in [9.17, 15) is 4.79 Å². The van der Waals surface area contributed by atoms with Crippen LogP contribution in [-0.2, 0) is 16.0 Å². The van der Waals surface area contributed by atoms with Crippen LogP contribution in [0.15, 0.2) is 41.8 Å². The van der Waals surface area contributed by atoms with Crippen LogP contribution in [0.3, 0.4) is 0 Å². The number of fused-ring (bicyclic) bond motifs is 1. The molecule has 0 unspecified atom stereocenters. The zero-order valence-electron chi connectivity index (χ0n) is 17.3. The summed E-state index contributed by atoms with van der Waals surface area (Å²) in [6, 6.07) is 10.3. The second kappa shape index (κ2) is 10.3. The van der Waals surface area contributed by atoms with Crippen LogP contribution in [0.25, 0.3) is 16.3 Å². The number of anilines is 1. The highest BCUT2D eigenvalue weighted by Gasteiger charge is 2.19. The molecule has 1 saturated heterocycles. The van der Waals surface area contributed by atoms with Gasteiger partial charge in [0.05, 0.1) is 23.4 Å². The van der Waals surface area contributed by atoms with Crippen LogP contribution >= 0.6 is 22.7 Å². The van der Waals surface area contributed by atoms with Crippen molar-refractivity contribution in [2.75, 3.05) is 44.3 Å². The molecule has 1 amide bonds. The van der Waals surface area contributed by atoms with Crippen LogP contribution < -0.4 is 4.90 Å². The van der Waals surface area contributed by atoms with Crippen molar-refractivity contribution >= 4 is 50.0 Å². The van der Waals surface area contributed by atoms with Crippen LogP contribution in [0, 0.1) is 0 Å². The molecule has 7 heteroatoms. The lowest BCUT2D eigenvalue weighted by Crippen LogP contribution is -2.39. The van der Waals surface area contributed by atoms with Gasteiger partial charge in [-0.15, -0.1) is 11.3 Å². The van der Waals surface area contributed by atoms with Crippen LogP contribution in [0.1, 0.15) is 23.8 Å². The number of ether oxygens (including phenoxy) is 1. The lowest BCUT2D eigenvalue weighted by atomic mass is 10.1. The van der Waals surface area contributed by atoms with Gasteiger partial charge in [-0.1, -0.05) is 36.5 Å². The van der Waals surface area contributed by atoms with Gasteiger partial charge in [0.25, 0.3) is 5.91 Å². The molecule has 2 aromatic heterocycles. The third-order valence-corrected chi connectivity index (χ3v) is 7.14. The molecule has 1 aromatic carbocycles. The van der Waals surface area contributed by atoms with E-state index in [2.05, 4.69) is 30.0 Å². The summed E-state index contributed by atoms with van der Waals surface area (Å²) in [5, 5.41) is 2.80. The van der Waals surface area contributed by atoms with E-state index in [0.717, 1.165) is 65.9 Å². The summed E-state index contributed by atoms with van der Waals surface area (Å²) in [5.41, 5.74) is 2.25. The zero-order valence-corrected chi connectivity index (χ0v) is 18.9.